The second-order valence-electron chi connectivity index (χ2n) is 3.88. The van der Waals surface area contributed by atoms with Gasteiger partial charge in [0.1, 0.15) is 11.9 Å². The third kappa shape index (κ3) is 2.13. The number of pyridine rings is 1. The van der Waals surface area contributed by atoms with Gasteiger partial charge in [0.05, 0.1) is 18.8 Å². The summed E-state index contributed by atoms with van der Waals surface area (Å²) in [6, 6.07) is 2.83. The number of likely N-dealkylation sites (tertiary alicyclic amines) is 1. The molecule has 0 atom stereocenters. The molecule has 1 aliphatic rings. The van der Waals surface area contributed by atoms with E-state index in [1.54, 1.807) is 11.8 Å². The molecule has 0 radical (unpaired) electrons. The first kappa shape index (κ1) is 10.9. The lowest BCUT2D eigenvalue weighted by molar-refractivity contribution is -0.137. The Hall–Kier alpha value is -1.65. The largest absolute Gasteiger partial charge is 0.471 e. The molecule has 16 heavy (non-hydrogen) atoms. The van der Waals surface area contributed by atoms with Crippen LogP contribution in [-0.4, -0.2) is 35.0 Å². The van der Waals surface area contributed by atoms with Crippen LogP contribution >= 0.6 is 0 Å². The van der Waals surface area contributed by atoms with Crippen LogP contribution in [0.2, 0.25) is 0 Å². The second kappa shape index (κ2) is 4.08. The number of rotatable bonds is 2. The molecule has 0 aliphatic carbocycles. The summed E-state index contributed by atoms with van der Waals surface area (Å²) in [6.45, 7) is 4.27. The van der Waals surface area contributed by atoms with Gasteiger partial charge in [-0.2, -0.15) is 0 Å². The molecule has 0 aromatic carbocycles. The molecule has 0 saturated carbocycles. The maximum absolute atomic E-state index is 12.9. The van der Waals surface area contributed by atoms with Gasteiger partial charge >= 0.3 is 0 Å². The first-order valence-corrected chi connectivity index (χ1v) is 5.11. The highest BCUT2D eigenvalue weighted by Crippen LogP contribution is 2.17. The molecule has 1 amide bonds. The van der Waals surface area contributed by atoms with Gasteiger partial charge in [-0.15, -0.1) is 0 Å². The highest BCUT2D eigenvalue weighted by atomic mass is 19.1. The summed E-state index contributed by atoms with van der Waals surface area (Å²) in [6.07, 6.45) is -0.0266. The van der Waals surface area contributed by atoms with Gasteiger partial charge in [0.25, 0.3) is 0 Å². The van der Waals surface area contributed by atoms with Crippen molar-refractivity contribution in [3.63, 3.8) is 0 Å². The minimum absolute atomic E-state index is 0.0266. The summed E-state index contributed by atoms with van der Waals surface area (Å²) in [4.78, 5) is 16.6. The van der Waals surface area contributed by atoms with E-state index in [0.717, 1.165) is 0 Å². The fourth-order valence-corrected chi connectivity index (χ4v) is 1.53. The van der Waals surface area contributed by atoms with E-state index >= 15 is 0 Å². The van der Waals surface area contributed by atoms with Crippen molar-refractivity contribution in [2.45, 2.75) is 20.0 Å². The number of hydrogen-bond donors (Lipinski definition) is 0. The monoisotopic (exact) mass is 224 g/mol. The normalized spacial score (nSPS) is 15.8. The molecule has 2 heterocycles. The van der Waals surface area contributed by atoms with Crippen molar-refractivity contribution in [1.29, 1.82) is 0 Å². The molecule has 0 bridgehead atoms. The Labute approximate surface area is 93.0 Å². The molecule has 5 heteroatoms. The number of aromatic nitrogens is 1. The molecule has 1 aliphatic heterocycles. The number of carbonyl (C=O) groups excluding carboxylic acids is 1. The smallest absolute Gasteiger partial charge is 0.219 e. The van der Waals surface area contributed by atoms with Crippen molar-refractivity contribution in [3.05, 3.63) is 23.6 Å². The lowest BCUT2D eigenvalue weighted by atomic mass is 10.2. The highest BCUT2D eigenvalue weighted by molar-refractivity contribution is 5.74. The number of aryl methyl sites for hydroxylation is 1. The highest BCUT2D eigenvalue weighted by Gasteiger charge is 2.30. The zero-order valence-electron chi connectivity index (χ0n) is 9.24. The van der Waals surface area contributed by atoms with Crippen LogP contribution in [0.15, 0.2) is 12.1 Å². The standard InChI is InChI=1S/C11H13FN2O2/c1-7-10(12)3-4-11(13-7)16-9-5-14(6-9)8(2)15/h3-4,9H,5-6H2,1-2H3. The van der Waals surface area contributed by atoms with Crippen LogP contribution < -0.4 is 4.74 Å². The van der Waals surface area contributed by atoms with E-state index in [4.69, 9.17) is 4.74 Å². The zero-order chi connectivity index (χ0) is 11.7. The van der Waals surface area contributed by atoms with Gasteiger partial charge in [-0.25, -0.2) is 9.37 Å². The maximum Gasteiger partial charge on any atom is 0.219 e. The number of halogens is 1. The Morgan fingerprint density at radius 3 is 2.81 bits per heavy atom. The van der Waals surface area contributed by atoms with Gasteiger partial charge in [-0.05, 0) is 13.0 Å². The van der Waals surface area contributed by atoms with E-state index in [0.29, 0.717) is 24.7 Å². The molecule has 0 spiro atoms. The van der Waals surface area contributed by atoms with Crippen molar-refractivity contribution in [2.24, 2.45) is 0 Å². The Morgan fingerprint density at radius 1 is 1.56 bits per heavy atom. The van der Waals surface area contributed by atoms with E-state index in [-0.39, 0.29) is 17.8 Å². The summed E-state index contributed by atoms with van der Waals surface area (Å²) in [5, 5.41) is 0. The van der Waals surface area contributed by atoms with Crippen molar-refractivity contribution < 1.29 is 13.9 Å². The Kier molecular flexibility index (Phi) is 2.77. The first-order valence-electron chi connectivity index (χ1n) is 5.11. The van der Waals surface area contributed by atoms with Crippen LogP contribution in [-0.2, 0) is 4.79 Å². The number of carbonyl (C=O) groups is 1. The average molecular weight is 224 g/mol. The third-order valence-corrected chi connectivity index (χ3v) is 2.58. The predicted octanol–water partition coefficient (Wildman–Crippen LogP) is 1.14. The number of hydrogen-bond acceptors (Lipinski definition) is 3. The molecule has 1 aromatic rings. The molecule has 1 aromatic heterocycles. The summed E-state index contributed by atoms with van der Waals surface area (Å²) in [5.74, 6) is 0.113. The van der Waals surface area contributed by atoms with Gasteiger partial charge < -0.3 is 9.64 Å². The fourth-order valence-electron chi connectivity index (χ4n) is 1.53. The molecule has 4 nitrogen and oxygen atoms in total. The number of amides is 1. The van der Waals surface area contributed by atoms with Crippen LogP contribution in [0.4, 0.5) is 4.39 Å². The quantitative estimate of drug-likeness (QED) is 0.756. The topological polar surface area (TPSA) is 42.4 Å². The molecule has 2 rings (SSSR count). The van der Waals surface area contributed by atoms with Crippen molar-refractivity contribution in [1.82, 2.24) is 9.88 Å². The molecule has 1 saturated heterocycles. The van der Waals surface area contributed by atoms with Crippen LogP contribution in [0.1, 0.15) is 12.6 Å². The van der Waals surface area contributed by atoms with Gasteiger partial charge in [-0.1, -0.05) is 0 Å². The molecule has 0 unspecified atom stereocenters. The molecule has 1 fully saturated rings. The van der Waals surface area contributed by atoms with Gasteiger partial charge in [0, 0.05) is 13.0 Å². The van der Waals surface area contributed by atoms with Crippen LogP contribution in [0.5, 0.6) is 5.88 Å². The van der Waals surface area contributed by atoms with Crippen molar-refractivity contribution in [3.8, 4) is 5.88 Å². The van der Waals surface area contributed by atoms with E-state index in [1.807, 2.05) is 0 Å². The third-order valence-electron chi connectivity index (χ3n) is 2.58. The van der Waals surface area contributed by atoms with Gasteiger partial charge in [0.15, 0.2) is 0 Å². The summed E-state index contributed by atoms with van der Waals surface area (Å²) in [5.41, 5.74) is 0.320. The number of nitrogens with zero attached hydrogens (tertiary/aromatic N) is 2. The first-order chi connectivity index (χ1) is 7.56. The van der Waals surface area contributed by atoms with E-state index < -0.39 is 0 Å². The SMILES string of the molecule is CC(=O)N1CC(Oc2ccc(F)c(C)n2)C1. The Balaban J connectivity index is 1.91. The van der Waals surface area contributed by atoms with E-state index in [1.165, 1.54) is 19.1 Å². The minimum atomic E-state index is -0.341. The van der Waals surface area contributed by atoms with Crippen LogP contribution in [0, 0.1) is 12.7 Å². The van der Waals surface area contributed by atoms with Crippen molar-refractivity contribution in [2.75, 3.05) is 13.1 Å². The van der Waals surface area contributed by atoms with Gasteiger partial charge in [0.2, 0.25) is 11.8 Å². The molecular formula is C11H13FN2O2. The molecule has 86 valence electrons. The summed E-state index contributed by atoms with van der Waals surface area (Å²) >= 11 is 0. The van der Waals surface area contributed by atoms with Gasteiger partial charge in [-0.3, -0.25) is 4.79 Å². The minimum Gasteiger partial charge on any atom is -0.471 e. The average Bonchev–Trinajstić information content (AvgIpc) is 2.15. The Morgan fingerprint density at radius 2 is 2.25 bits per heavy atom. The second-order valence-corrected chi connectivity index (χ2v) is 3.88. The predicted molar refractivity (Wildman–Crippen MR) is 55.6 cm³/mol. The maximum atomic E-state index is 12.9. The number of ether oxygens (including phenoxy) is 1. The van der Waals surface area contributed by atoms with Crippen LogP contribution in [0.3, 0.4) is 0 Å². The van der Waals surface area contributed by atoms with E-state index in [2.05, 4.69) is 4.98 Å². The lowest BCUT2D eigenvalue weighted by Crippen LogP contribution is -2.55. The summed E-state index contributed by atoms with van der Waals surface area (Å²) < 4.78 is 18.4. The lowest BCUT2D eigenvalue weighted by Gasteiger charge is -2.37. The molecular weight excluding hydrogens is 211 g/mol. The zero-order valence-corrected chi connectivity index (χ0v) is 9.24. The summed E-state index contributed by atoms with van der Waals surface area (Å²) in [7, 11) is 0. The van der Waals surface area contributed by atoms with Crippen molar-refractivity contribution >= 4 is 5.91 Å². The Bertz CT molecular complexity index is 416. The van der Waals surface area contributed by atoms with Crippen LogP contribution in [0.25, 0.3) is 0 Å². The van der Waals surface area contributed by atoms with E-state index in [9.17, 15) is 9.18 Å². The molecule has 0 N–H and O–H groups in total. The fraction of sp³-hybridized carbons (Fsp3) is 0.455.